The summed E-state index contributed by atoms with van der Waals surface area (Å²) in [6.45, 7) is 5.36. The van der Waals surface area contributed by atoms with Crippen LogP contribution in [0.1, 0.15) is 36.2 Å². The van der Waals surface area contributed by atoms with E-state index in [1.54, 1.807) is 4.90 Å². The molecule has 2 amide bonds. The molecule has 0 aromatic heterocycles. The number of amides is 2. The van der Waals surface area contributed by atoms with Gasteiger partial charge in [-0.25, -0.2) is 0 Å². The number of hydrogen-bond donors (Lipinski definition) is 1. The number of hydrogen-bond acceptors (Lipinski definition) is 3. The summed E-state index contributed by atoms with van der Waals surface area (Å²) in [5.41, 5.74) is 2.37. The Kier molecular flexibility index (Phi) is 6.45. The highest BCUT2D eigenvalue weighted by Crippen LogP contribution is 2.37. The number of thioether (sulfide) groups is 1. The van der Waals surface area contributed by atoms with Crippen LogP contribution in [0.3, 0.4) is 0 Å². The van der Waals surface area contributed by atoms with Crippen molar-refractivity contribution in [3.05, 3.63) is 58.6 Å². The molecule has 0 bridgehead atoms. The minimum absolute atomic E-state index is 0.0415. The van der Waals surface area contributed by atoms with Crippen molar-refractivity contribution >= 4 is 40.9 Å². The Morgan fingerprint density at radius 3 is 2.67 bits per heavy atom. The first-order valence-electron chi connectivity index (χ1n) is 9.04. The van der Waals surface area contributed by atoms with Crippen LogP contribution in [0.15, 0.2) is 47.4 Å². The van der Waals surface area contributed by atoms with E-state index in [0.717, 1.165) is 22.6 Å². The van der Waals surface area contributed by atoms with Gasteiger partial charge in [-0.3, -0.25) is 9.59 Å². The Labute approximate surface area is 169 Å². The average Bonchev–Trinajstić information content (AvgIpc) is 2.65. The second kappa shape index (κ2) is 8.81. The minimum Gasteiger partial charge on any atom is -0.352 e. The van der Waals surface area contributed by atoms with Crippen LogP contribution in [0.25, 0.3) is 0 Å². The van der Waals surface area contributed by atoms with E-state index in [2.05, 4.69) is 19.2 Å². The lowest BCUT2D eigenvalue weighted by molar-refractivity contribution is -0.116. The van der Waals surface area contributed by atoms with Crippen LogP contribution in [0, 0.1) is 5.92 Å². The number of anilines is 1. The first-order chi connectivity index (χ1) is 12.9. The van der Waals surface area contributed by atoms with Crippen molar-refractivity contribution in [2.75, 3.05) is 17.2 Å². The molecular formula is C21H23ClN2O2S. The molecule has 1 aliphatic heterocycles. The molecule has 0 atom stereocenters. The summed E-state index contributed by atoms with van der Waals surface area (Å²) in [5.74, 6) is 0.881. The van der Waals surface area contributed by atoms with E-state index < -0.39 is 0 Å². The fourth-order valence-electron chi connectivity index (χ4n) is 2.87. The maximum Gasteiger partial charge on any atom is 0.251 e. The molecule has 2 aromatic rings. The Morgan fingerprint density at radius 1 is 1.22 bits per heavy atom. The molecule has 0 fully saturated rings. The molecule has 0 aliphatic carbocycles. The van der Waals surface area contributed by atoms with Crippen molar-refractivity contribution in [2.24, 2.45) is 5.92 Å². The fraction of sp³-hybridized carbons (Fsp3) is 0.333. The fourth-order valence-corrected chi connectivity index (χ4v) is 3.91. The van der Waals surface area contributed by atoms with Crippen LogP contribution in [0.2, 0.25) is 5.02 Å². The number of benzene rings is 2. The maximum absolute atomic E-state index is 12.5. The molecule has 2 aromatic carbocycles. The van der Waals surface area contributed by atoms with Gasteiger partial charge in [-0.1, -0.05) is 37.6 Å². The molecule has 27 heavy (non-hydrogen) atoms. The van der Waals surface area contributed by atoms with Crippen molar-refractivity contribution in [3.63, 3.8) is 0 Å². The largest absolute Gasteiger partial charge is 0.352 e. The normalized spacial score (nSPS) is 13.6. The van der Waals surface area contributed by atoms with Gasteiger partial charge in [0.25, 0.3) is 5.91 Å². The zero-order valence-electron chi connectivity index (χ0n) is 15.5. The molecule has 4 nitrogen and oxygen atoms in total. The van der Waals surface area contributed by atoms with Crippen LogP contribution in [0.4, 0.5) is 5.69 Å². The average molecular weight is 403 g/mol. The van der Waals surface area contributed by atoms with Crippen LogP contribution in [-0.2, 0) is 11.3 Å². The van der Waals surface area contributed by atoms with E-state index in [1.165, 1.54) is 11.8 Å². The SMILES string of the molecule is CC(C)CCNC(=O)c1ccc2c(c1)N(Cc1ccc(Cl)cc1)C(=O)CS2. The predicted octanol–water partition coefficient (Wildman–Crippen LogP) is 4.75. The highest BCUT2D eigenvalue weighted by molar-refractivity contribution is 8.00. The maximum atomic E-state index is 12.5. The van der Waals surface area contributed by atoms with Gasteiger partial charge in [-0.15, -0.1) is 11.8 Å². The quantitative estimate of drug-likeness (QED) is 0.758. The van der Waals surface area contributed by atoms with Crippen molar-refractivity contribution in [3.8, 4) is 0 Å². The molecule has 6 heteroatoms. The summed E-state index contributed by atoms with van der Waals surface area (Å²) >= 11 is 7.46. The van der Waals surface area contributed by atoms with Gasteiger partial charge < -0.3 is 10.2 Å². The van der Waals surface area contributed by atoms with E-state index in [1.807, 2.05) is 42.5 Å². The number of fused-ring (bicyclic) bond motifs is 1. The van der Waals surface area contributed by atoms with Crippen LogP contribution in [-0.4, -0.2) is 24.1 Å². The van der Waals surface area contributed by atoms with Gasteiger partial charge >= 0.3 is 0 Å². The van der Waals surface area contributed by atoms with E-state index in [-0.39, 0.29) is 11.8 Å². The Morgan fingerprint density at radius 2 is 1.96 bits per heavy atom. The van der Waals surface area contributed by atoms with E-state index >= 15 is 0 Å². The van der Waals surface area contributed by atoms with Crippen molar-refractivity contribution in [1.82, 2.24) is 5.32 Å². The van der Waals surface area contributed by atoms with Crippen LogP contribution in [0.5, 0.6) is 0 Å². The standard InChI is InChI=1S/C21H23ClN2O2S/c1-14(2)9-10-23-21(26)16-5-8-19-18(11-16)24(20(25)13-27-19)12-15-3-6-17(22)7-4-15/h3-8,11,14H,9-10,12-13H2,1-2H3,(H,23,26). The van der Waals surface area contributed by atoms with E-state index in [0.29, 0.717) is 35.3 Å². The zero-order chi connectivity index (χ0) is 19.4. The molecule has 0 spiro atoms. The second-order valence-electron chi connectivity index (χ2n) is 7.02. The third-order valence-corrected chi connectivity index (χ3v) is 5.72. The molecule has 1 aliphatic rings. The minimum atomic E-state index is -0.104. The van der Waals surface area contributed by atoms with Crippen molar-refractivity contribution in [1.29, 1.82) is 0 Å². The summed E-state index contributed by atoms with van der Waals surface area (Å²) in [5, 5.41) is 3.62. The number of nitrogens with one attached hydrogen (secondary N) is 1. The summed E-state index contributed by atoms with van der Waals surface area (Å²) in [7, 11) is 0. The van der Waals surface area contributed by atoms with E-state index in [9.17, 15) is 9.59 Å². The van der Waals surface area contributed by atoms with E-state index in [4.69, 9.17) is 11.6 Å². The zero-order valence-corrected chi connectivity index (χ0v) is 17.1. The van der Waals surface area contributed by atoms with Crippen LogP contribution >= 0.6 is 23.4 Å². The Balaban J connectivity index is 1.81. The Hall–Kier alpha value is -1.98. The van der Waals surface area contributed by atoms with Crippen molar-refractivity contribution in [2.45, 2.75) is 31.7 Å². The van der Waals surface area contributed by atoms with Gasteiger partial charge in [0.1, 0.15) is 0 Å². The Bertz CT molecular complexity index is 837. The number of carbonyl (C=O) groups excluding carboxylic acids is 2. The molecule has 0 unspecified atom stereocenters. The molecule has 1 N–H and O–H groups in total. The number of rotatable bonds is 6. The molecule has 0 saturated heterocycles. The molecule has 1 heterocycles. The predicted molar refractivity (Wildman–Crippen MR) is 112 cm³/mol. The first kappa shape index (κ1) is 19.8. The summed E-state index contributed by atoms with van der Waals surface area (Å²) in [6.07, 6.45) is 0.938. The molecule has 3 rings (SSSR count). The lowest BCUT2D eigenvalue weighted by Crippen LogP contribution is -2.35. The smallest absolute Gasteiger partial charge is 0.251 e. The highest BCUT2D eigenvalue weighted by atomic mass is 35.5. The summed E-state index contributed by atoms with van der Waals surface area (Å²) in [4.78, 5) is 27.8. The third-order valence-electron chi connectivity index (χ3n) is 4.43. The number of carbonyl (C=O) groups is 2. The van der Waals surface area contributed by atoms with Crippen LogP contribution < -0.4 is 10.2 Å². The van der Waals surface area contributed by atoms with Gasteiger partial charge in [-0.2, -0.15) is 0 Å². The number of halogens is 1. The first-order valence-corrected chi connectivity index (χ1v) is 10.4. The highest BCUT2D eigenvalue weighted by Gasteiger charge is 2.26. The molecular weight excluding hydrogens is 380 g/mol. The molecule has 142 valence electrons. The molecule has 0 radical (unpaired) electrons. The van der Waals surface area contributed by atoms with Gasteiger partial charge in [0.2, 0.25) is 5.91 Å². The number of nitrogens with zero attached hydrogens (tertiary/aromatic N) is 1. The van der Waals surface area contributed by atoms with Gasteiger partial charge in [0.05, 0.1) is 18.0 Å². The monoisotopic (exact) mass is 402 g/mol. The molecule has 0 saturated carbocycles. The summed E-state index contributed by atoms with van der Waals surface area (Å²) < 4.78 is 0. The summed E-state index contributed by atoms with van der Waals surface area (Å²) in [6, 6.07) is 13.0. The lowest BCUT2D eigenvalue weighted by Gasteiger charge is -2.29. The second-order valence-corrected chi connectivity index (χ2v) is 8.47. The van der Waals surface area contributed by atoms with Crippen molar-refractivity contribution < 1.29 is 9.59 Å². The van der Waals surface area contributed by atoms with Gasteiger partial charge in [0, 0.05) is 22.0 Å². The lowest BCUT2D eigenvalue weighted by atomic mass is 10.1. The van der Waals surface area contributed by atoms with Gasteiger partial charge in [0.15, 0.2) is 0 Å². The van der Waals surface area contributed by atoms with Gasteiger partial charge in [-0.05, 0) is 48.2 Å². The topological polar surface area (TPSA) is 49.4 Å². The third kappa shape index (κ3) is 5.05.